The topological polar surface area (TPSA) is 78.6 Å². The van der Waals surface area contributed by atoms with Gasteiger partial charge < -0.3 is 15.1 Å². The summed E-state index contributed by atoms with van der Waals surface area (Å²) in [6.07, 6.45) is 0. The molecular formula is C15H27N3O3. The van der Waals surface area contributed by atoms with Gasteiger partial charge in [-0.3, -0.25) is 9.48 Å². The zero-order valence-corrected chi connectivity index (χ0v) is 13.6. The normalized spacial score (nSPS) is 12.0. The van der Waals surface area contributed by atoms with E-state index in [1.165, 1.54) is 4.90 Å². The summed E-state index contributed by atoms with van der Waals surface area (Å²) < 4.78 is 1.70. The van der Waals surface area contributed by atoms with Gasteiger partial charge >= 0.3 is 0 Å². The highest BCUT2D eigenvalue weighted by atomic mass is 16.3. The third-order valence-electron chi connectivity index (χ3n) is 3.64. The molecule has 0 fully saturated rings. The van der Waals surface area contributed by atoms with Crippen LogP contribution in [0.5, 0.6) is 0 Å². The molecule has 0 unspecified atom stereocenters. The SMILES string of the molecule is CCn1nc(C(C)C)cc1C(=O)N(C)CC(C)(CO)CO. The summed E-state index contributed by atoms with van der Waals surface area (Å²) >= 11 is 0. The van der Waals surface area contributed by atoms with E-state index >= 15 is 0 Å². The van der Waals surface area contributed by atoms with Crippen molar-refractivity contribution in [2.45, 2.75) is 40.2 Å². The lowest BCUT2D eigenvalue weighted by molar-refractivity contribution is 0.0360. The molecule has 0 saturated carbocycles. The number of rotatable bonds is 7. The van der Waals surface area contributed by atoms with Crippen molar-refractivity contribution in [2.24, 2.45) is 5.41 Å². The second kappa shape index (κ2) is 7.04. The van der Waals surface area contributed by atoms with Crippen LogP contribution in [0.15, 0.2) is 6.07 Å². The van der Waals surface area contributed by atoms with Crippen molar-refractivity contribution in [3.05, 3.63) is 17.5 Å². The lowest BCUT2D eigenvalue weighted by Gasteiger charge is -2.30. The number of carbonyl (C=O) groups is 1. The summed E-state index contributed by atoms with van der Waals surface area (Å²) in [7, 11) is 1.67. The fourth-order valence-electron chi connectivity index (χ4n) is 2.12. The fraction of sp³-hybridized carbons (Fsp3) is 0.733. The highest BCUT2D eigenvalue weighted by Crippen LogP contribution is 2.19. The van der Waals surface area contributed by atoms with Crippen molar-refractivity contribution >= 4 is 5.91 Å². The van der Waals surface area contributed by atoms with Gasteiger partial charge in [-0.1, -0.05) is 20.8 Å². The van der Waals surface area contributed by atoms with Crippen LogP contribution in [0, 0.1) is 5.41 Å². The Morgan fingerprint density at radius 1 is 1.43 bits per heavy atom. The number of carbonyl (C=O) groups excluding carboxylic acids is 1. The van der Waals surface area contributed by atoms with Gasteiger partial charge in [0, 0.05) is 25.6 Å². The van der Waals surface area contributed by atoms with Crippen molar-refractivity contribution < 1.29 is 15.0 Å². The Labute approximate surface area is 126 Å². The van der Waals surface area contributed by atoms with E-state index in [1.54, 1.807) is 18.7 Å². The van der Waals surface area contributed by atoms with E-state index in [4.69, 9.17) is 0 Å². The summed E-state index contributed by atoms with van der Waals surface area (Å²) in [6, 6.07) is 1.82. The second-order valence-corrected chi connectivity index (χ2v) is 6.21. The molecule has 0 atom stereocenters. The van der Waals surface area contributed by atoms with E-state index in [1.807, 2.05) is 26.8 Å². The van der Waals surface area contributed by atoms with E-state index in [9.17, 15) is 15.0 Å². The van der Waals surface area contributed by atoms with Crippen LogP contribution in [0.25, 0.3) is 0 Å². The summed E-state index contributed by atoms with van der Waals surface area (Å²) in [4.78, 5) is 14.1. The monoisotopic (exact) mass is 297 g/mol. The molecule has 1 heterocycles. The second-order valence-electron chi connectivity index (χ2n) is 6.21. The molecule has 6 nitrogen and oxygen atoms in total. The van der Waals surface area contributed by atoms with Crippen molar-refractivity contribution in [1.29, 1.82) is 0 Å². The predicted octanol–water partition coefficient (Wildman–Crippen LogP) is 1.09. The number of aliphatic hydroxyl groups is 2. The Morgan fingerprint density at radius 2 is 2.00 bits per heavy atom. The average molecular weight is 297 g/mol. The maximum Gasteiger partial charge on any atom is 0.271 e. The van der Waals surface area contributed by atoms with Crippen LogP contribution in [-0.4, -0.2) is 57.6 Å². The minimum atomic E-state index is -0.706. The van der Waals surface area contributed by atoms with Crippen LogP contribution in [0.3, 0.4) is 0 Å². The van der Waals surface area contributed by atoms with Gasteiger partial charge in [0.25, 0.3) is 5.91 Å². The van der Waals surface area contributed by atoms with Crippen LogP contribution in [0.1, 0.15) is 49.8 Å². The predicted molar refractivity (Wildman–Crippen MR) is 81.2 cm³/mol. The van der Waals surface area contributed by atoms with E-state index in [-0.39, 0.29) is 31.6 Å². The van der Waals surface area contributed by atoms with Gasteiger partial charge in [0.15, 0.2) is 0 Å². The number of hydrogen-bond acceptors (Lipinski definition) is 4. The van der Waals surface area contributed by atoms with Crippen LogP contribution >= 0.6 is 0 Å². The minimum Gasteiger partial charge on any atom is -0.396 e. The molecule has 0 aromatic carbocycles. The number of hydrogen-bond donors (Lipinski definition) is 2. The molecule has 0 spiro atoms. The van der Waals surface area contributed by atoms with E-state index in [0.717, 1.165) is 5.69 Å². The molecule has 0 aliphatic carbocycles. The summed E-state index contributed by atoms with van der Waals surface area (Å²) in [5.74, 6) is 0.110. The van der Waals surface area contributed by atoms with E-state index in [2.05, 4.69) is 5.10 Å². The summed E-state index contributed by atoms with van der Waals surface area (Å²) in [5.41, 5.74) is 0.727. The van der Waals surface area contributed by atoms with Crippen molar-refractivity contribution in [2.75, 3.05) is 26.8 Å². The highest BCUT2D eigenvalue weighted by molar-refractivity contribution is 5.92. The number of amides is 1. The Bertz CT molecular complexity index is 479. The molecule has 0 aliphatic heterocycles. The quantitative estimate of drug-likeness (QED) is 0.789. The molecule has 21 heavy (non-hydrogen) atoms. The van der Waals surface area contributed by atoms with Crippen LogP contribution in [0.2, 0.25) is 0 Å². The van der Waals surface area contributed by atoms with Crippen molar-refractivity contribution in [1.82, 2.24) is 14.7 Å². The molecule has 2 N–H and O–H groups in total. The molecule has 0 saturated heterocycles. The van der Waals surface area contributed by atoms with Gasteiger partial charge in [-0.15, -0.1) is 0 Å². The van der Waals surface area contributed by atoms with Crippen LogP contribution in [0.4, 0.5) is 0 Å². The Hall–Kier alpha value is -1.40. The molecule has 1 amide bonds. The largest absolute Gasteiger partial charge is 0.396 e. The molecule has 1 aromatic heterocycles. The minimum absolute atomic E-state index is 0.149. The van der Waals surface area contributed by atoms with E-state index < -0.39 is 5.41 Å². The van der Waals surface area contributed by atoms with Gasteiger partial charge in [0.1, 0.15) is 5.69 Å². The highest BCUT2D eigenvalue weighted by Gasteiger charge is 2.28. The molecular weight excluding hydrogens is 270 g/mol. The third kappa shape index (κ3) is 4.04. The van der Waals surface area contributed by atoms with Gasteiger partial charge in [0.2, 0.25) is 0 Å². The average Bonchev–Trinajstić information content (AvgIpc) is 2.90. The summed E-state index contributed by atoms with van der Waals surface area (Å²) in [6.45, 7) is 8.32. The maximum atomic E-state index is 12.6. The van der Waals surface area contributed by atoms with Gasteiger partial charge in [-0.25, -0.2) is 0 Å². The van der Waals surface area contributed by atoms with Crippen LogP contribution in [-0.2, 0) is 6.54 Å². The van der Waals surface area contributed by atoms with Gasteiger partial charge in [-0.2, -0.15) is 5.10 Å². The van der Waals surface area contributed by atoms with Crippen molar-refractivity contribution in [3.8, 4) is 0 Å². The number of aryl methyl sites for hydroxylation is 1. The molecule has 0 aliphatic rings. The molecule has 1 rings (SSSR count). The third-order valence-corrected chi connectivity index (χ3v) is 3.64. The zero-order chi connectivity index (χ0) is 16.2. The molecule has 6 heteroatoms. The number of aliphatic hydroxyl groups excluding tert-OH is 2. The number of aromatic nitrogens is 2. The maximum absolute atomic E-state index is 12.6. The first-order chi connectivity index (χ1) is 9.77. The Balaban J connectivity index is 2.97. The molecule has 120 valence electrons. The zero-order valence-electron chi connectivity index (χ0n) is 13.6. The molecule has 0 radical (unpaired) electrons. The van der Waals surface area contributed by atoms with Gasteiger partial charge in [-0.05, 0) is 18.9 Å². The summed E-state index contributed by atoms with van der Waals surface area (Å²) in [5, 5.41) is 23.1. The smallest absolute Gasteiger partial charge is 0.271 e. The first kappa shape index (κ1) is 17.7. The Kier molecular flexibility index (Phi) is 5.92. The molecule has 0 bridgehead atoms. The first-order valence-corrected chi connectivity index (χ1v) is 7.33. The first-order valence-electron chi connectivity index (χ1n) is 7.33. The lowest BCUT2D eigenvalue weighted by Crippen LogP contribution is -2.42. The van der Waals surface area contributed by atoms with Gasteiger partial charge in [0.05, 0.1) is 18.9 Å². The van der Waals surface area contributed by atoms with Crippen LogP contribution < -0.4 is 0 Å². The standard InChI is InChI=1S/C15H27N3O3/c1-6-18-13(7-12(16-18)11(2)3)14(21)17(5)8-15(4,9-19)10-20/h7,11,19-20H,6,8-10H2,1-5H3. The Morgan fingerprint density at radius 3 is 2.43 bits per heavy atom. The van der Waals surface area contributed by atoms with E-state index in [0.29, 0.717) is 12.2 Å². The lowest BCUT2D eigenvalue weighted by atomic mass is 9.92. The van der Waals surface area contributed by atoms with Crippen molar-refractivity contribution in [3.63, 3.8) is 0 Å². The fourth-order valence-corrected chi connectivity index (χ4v) is 2.12. The number of nitrogens with zero attached hydrogens (tertiary/aromatic N) is 3. The molecule has 1 aromatic rings.